The Balaban J connectivity index is 2.31. The highest BCUT2D eigenvalue weighted by Gasteiger charge is 2.33. The van der Waals surface area contributed by atoms with Gasteiger partial charge in [-0.1, -0.05) is 25.6 Å². The molecule has 2 amide bonds. The number of hydrogen-bond acceptors (Lipinski definition) is 3. The number of nitrogens with one attached hydrogen (secondary N) is 2. The van der Waals surface area contributed by atoms with E-state index in [1.807, 2.05) is 0 Å². The van der Waals surface area contributed by atoms with Crippen LogP contribution >= 0.6 is 11.8 Å². The van der Waals surface area contributed by atoms with Crippen LogP contribution in [0.15, 0.2) is 4.99 Å². The summed E-state index contributed by atoms with van der Waals surface area (Å²) in [4.78, 5) is 17.3. The highest BCUT2D eigenvalue weighted by Crippen LogP contribution is 2.28. The third-order valence-corrected chi connectivity index (χ3v) is 4.46. The molecule has 0 aromatic heterocycles. The van der Waals surface area contributed by atoms with Crippen LogP contribution in [-0.2, 0) is 0 Å². The fraction of sp³-hybridized carbons (Fsp3) is 0.833. The highest BCUT2D eigenvalue weighted by molar-refractivity contribution is 8.14. The first-order valence-electron chi connectivity index (χ1n) is 6.43. The number of aliphatic imine (C=N–C) groups is 1. The Morgan fingerprint density at radius 2 is 2.17 bits per heavy atom. The van der Waals surface area contributed by atoms with E-state index in [1.165, 1.54) is 4.90 Å². The van der Waals surface area contributed by atoms with E-state index >= 15 is 0 Å². The fourth-order valence-corrected chi connectivity index (χ4v) is 3.06. The quantitative estimate of drug-likeness (QED) is 0.746. The Labute approximate surface area is 114 Å². The molecule has 0 atom stereocenters. The lowest BCUT2D eigenvalue weighted by Gasteiger charge is -2.25. The van der Waals surface area contributed by atoms with Crippen LogP contribution < -0.4 is 10.6 Å². The van der Waals surface area contributed by atoms with E-state index in [4.69, 9.17) is 0 Å². The summed E-state index contributed by atoms with van der Waals surface area (Å²) in [6.07, 6.45) is 2.24. The minimum atomic E-state index is -0.0707. The standard InChI is InChI=1S/C12H24N4OS/c1-5-12(6-2)9-18-10(15-12)13-7-8-14-11(17)16(3)4/h5-9H2,1-4H3,(H,13,15)(H,14,17). The first kappa shape index (κ1) is 15.1. The van der Waals surface area contributed by atoms with Gasteiger partial charge in [0.15, 0.2) is 5.17 Å². The van der Waals surface area contributed by atoms with Gasteiger partial charge in [0.05, 0.1) is 6.54 Å². The molecular weight excluding hydrogens is 248 g/mol. The van der Waals surface area contributed by atoms with Crippen molar-refractivity contribution >= 4 is 23.0 Å². The van der Waals surface area contributed by atoms with Crippen molar-refractivity contribution in [2.45, 2.75) is 32.2 Å². The number of urea groups is 1. The predicted octanol–water partition coefficient (Wildman–Crippen LogP) is 1.51. The Hall–Kier alpha value is -0.910. The van der Waals surface area contributed by atoms with Gasteiger partial charge in [-0.2, -0.15) is 0 Å². The van der Waals surface area contributed by atoms with Crippen molar-refractivity contribution in [1.82, 2.24) is 15.5 Å². The second-order valence-electron chi connectivity index (χ2n) is 4.71. The molecule has 2 N–H and O–H groups in total. The van der Waals surface area contributed by atoms with Crippen molar-refractivity contribution in [2.24, 2.45) is 4.99 Å². The van der Waals surface area contributed by atoms with Crippen LogP contribution in [0.2, 0.25) is 0 Å². The van der Waals surface area contributed by atoms with Crippen LogP contribution in [0.3, 0.4) is 0 Å². The first-order valence-corrected chi connectivity index (χ1v) is 7.42. The molecule has 1 aliphatic heterocycles. The normalized spacial score (nSPS) is 19.7. The zero-order chi connectivity index (χ0) is 13.6. The maximum Gasteiger partial charge on any atom is 0.316 e. The molecule has 5 nitrogen and oxygen atoms in total. The van der Waals surface area contributed by atoms with E-state index in [-0.39, 0.29) is 11.6 Å². The van der Waals surface area contributed by atoms with Crippen molar-refractivity contribution in [1.29, 1.82) is 0 Å². The molecule has 0 aliphatic carbocycles. The van der Waals surface area contributed by atoms with Gasteiger partial charge in [0.1, 0.15) is 0 Å². The molecule has 18 heavy (non-hydrogen) atoms. The van der Waals surface area contributed by atoms with Gasteiger partial charge in [0.2, 0.25) is 0 Å². The molecule has 1 saturated heterocycles. The van der Waals surface area contributed by atoms with Crippen molar-refractivity contribution in [2.75, 3.05) is 32.9 Å². The summed E-state index contributed by atoms with van der Waals surface area (Å²) in [5.41, 5.74) is 0.219. The summed E-state index contributed by atoms with van der Waals surface area (Å²) in [6, 6.07) is -0.0707. The second kappa shape index (κ2) is 6.87. The molecule has 1 rings (SSSR count). The van der Waals surface area contributed by atoms with E-state index in [0.717, 1.165) is 23.8 Å². The molecule has 104 valence electrons. The minimum Gasteiger partial charge on any atom is -0.359 e. The lowest BCUT2D eigenvalue weighted by atomic mass is 9.96. The number of amidine groups is 1. The maximum atomic E-state index is 11.3. The van der Waals surface area contributed by atoms with Crippen LogP contribution in [0, 0.1) is 0 Å². The molecule has 1 heterocycles. The monoisotopic (exact) mass is 272 g/mol. The zero-order valence-corrected chi connectivity index (χ0v) is 12.6. The number of nitrogens with zero attached hydrogens (tertiary/aromatic N) is 2. The summed E-state index contributed by atoms with van der Waals surface area (Å²) >= 11 is 1.78. The van der Waals surface area contributed by atoms with Crippen LogP contribution in [0.25, 0.3) is 0 Å². The minimum absolute atomic E-state index is 0.0707. The van der Waals surface area contributed by atoms with Gasteiger partial charge >= 0.3 is 6.03 Å². The molecule has 0 radical (unpaired) electrons. The summed E-state index contributed by atoms with van der Waals surface area (Å²) in [5, 5.41) is 7.31. The molecule has 0 aromatic carbocycles. The van der Waals surface area contributed by atoms with E-state index < -0.39 is 0 Å². The summed E-state index contributed by atoms with van der Waals surface area (Å²) in [6.45, 7) is 5.61. The third kappa shape index (κ3) is 4.08. The van der Waals surface area contributed by atoms with Gasteiger partial charge in [-0.25, -0.2) is 4.79 Å². The summed E-state index contributed by atoms with van der Waals surface area (Å²) in [5.74, 6) is 1.09. The van der Waals surface area contributed by atoms with E-state index in [9.17, 15) is 4.79 Å². The highest BCUT2D eigenvalue weighted by atomic mass is 32.2. The van der Waals surface area contributed by atoms with Gasteiger partial charge in [0.25, 0.3) is 0 Å². The Kier molecular flexibility index (Phi) is 5.78. The average Bonchev–Trinajstić information content (AvgIpc) is 2.78. The molecule has 1 aliphatic rings. The number of amides is 2. The van der Waals surface area contributed by atoms with E-state index in [1.54, 1.807) is 25.9 Å². The van der Waals surface area contributed by atoms with Gasteiger partial charge in [-0.3, -0.25) is 4.99 Å². The molecule has 0 aromatic rings. The SMILES string of the molecule is CCC1(CC)CSC(=NCCNC(=O)N(C)C)N1. The molecule has 6 heteroatoms. The predicted molar refractivity (Wildman–Crippen MR) is 78.3 cm³/mol. The third-order valence-electron chi connectivity index (χ3n) is 3.26. The van der Waals surface area contributed by atoms with Gasteiger partial charge < -0.3 is 15.5 Å². The van der Waals surface area contributed by atoms with Gasteiger partial charge in [-0.05, 0) is 12.8 Å². The topological polar surface area (TPSA) is 56.7 Å². The number of thioether (sulfide) groups is 1. The summed E-state index contributed by atoms with van der Waals surface area (Å²) in [7, 11) is 3.46. The number of rotatable bonds is 5. The van der Waals surface area contributed by atoms with Crippen molar-refractivity contribution < 1.29 is 4.79 Å². The Morgan fingerprint density at radius 1 is 1.50 bits per heavy atom. The molecular formula is C12H24N4OS. The van der Waals surface area contributed by atoms with Crippen LogP contribution in [0.4, 0.5) is 4.79 Å². The largest absolute Gasteiger partial charge is 0.359 e. The first-order chi connectivity index (χ1) is 8.53. The molecule has 1 fully saturated rings. The number of carbonyl (C=O) groups is 1. The molecule has 0 bridgehead atoms. The number of carbonyl (C=O) groups excluding carboxylic acids is 1. The van der Waals surface area contributed by atoms with Gasteiger partial charge in [0, 0.05) is 31.9 Å². The van der Waals surface area contributed by atoms with Crippen LogP contribution in [0.1, 0.15) is 26.7 Å². The lowest BCUT2D eigenvalue weighted by molar-refractivity contribution is 0.218. The van der Waals surface area contributed by atoms with Crippen LogP contribution in [0.5, 0.6) is 0 Å². The van der Waals surface area contributed by atoms with E-state index in [0.29, 0.717) is 13.1 Å². The molecule has 0 saturated carbocycles. The molecule has 0 unspecified atom stereocenters. The van der Waals surface area contributed by atoms with Gasteiger partial charge in [-0.15, -0.1) is 0 Å². The van der Waals surface area contributed by atoms with Crippen molar-refractivity contribution in [3.05, 3.63) is 0 Å². The number of hydrogen-bond donors (Lipinski definition) is 2. The Morgan fingerprint density at radius 3 is 2.67 bits per heavy atom. The average molecular weight is 272 g/mol. The second-order valence-corrected chi connectivity index (χ2v) is 5.68. The Bertz CT molecular complexity index is 313. The molecule has 0 spiro atoms. The smallest absolute Gasteiger partial charge is 0.316 e. The van der Waals surface area contributed by atoms with Crippen LogP contribution in [-0.4, -0.2) is 54.6 Å². The fourth-order valence-electron chi connectivity index (χ4n) is 1.70. The lowest BCUT2D eigenvalue weighted by Crippen LogP contribution is -2.42. The van der Waals surface area contributed by atoms with Crippen molar-refractivity contribution in [3.63, 3.8) is 0 Å². The van der Waals surface area contributed by atoms with E-state index in [2.05, 4.69) is 29.5 Å². The van der Waals surface area contributed by atoms with Crippen molar-refractivity contribution in [3.8, 4) is 0 Å². The maximum absolute atomic E-state index is 11.3. The zero-order valence-electron chi connectivity index (χ0n) is 11.7. The summed E-state index contributed by atoms with van der Waals surface area (Å²) < 4.78 is 0.